The molecule has 2 aromatic rings. The smallest absolute Gasteiger partial charge is 0.142 e. The highest BCUT2D eigenvalue weighted by molar-refractivity contribution is 5.98. The van der Waals surface area contributed by atoms with E-state index in [1.165, 1.54) is 54.4 Å². The minimum atomic E-state index is 0.216. The van der Waals surface area contributed by atoms with Crippen molar-refractivity contribution in [1.82, 2.24) is 4.90 Å². The van der Waals surface area contributed by atoms with Crippen molar-refractivity contribution in [2.45, 2.75) is 84.8 Å². The molecule has 1 saturated carbocycles. The van der Waals surface area contributed by atoms with Crippen molar-refractivity contribution in [3.63, 3.8) is 0 Å². The number of hydrogen-bond acceptors (Lipinski definition) is 4. The summed E-state index contributed by atoms with van der Waals surface area (Å²) in [6, 6.07) is 13.5. The van der Waals surface area contributed by atoms with E-state index in [2.05, 4.69) is 60.3 Å². The first-order valence-electron chi connectivity index (χ1n) is 13.2. The Kier molecular flexibility index (Phi) is 8.55. The number of carbonyl (C=O) groups is 1. The van der Waals surface area contributed by atoms with E-state index >= 15 is 0 Å². The Hall–Kier alpha value is -2.46. The van der Waals surface area contributed by atoms with Gasteiger partial charge in [0.05, 0.1) is 5.71 Å². The van der Waals surface area contributed by atoms with Gasteiger partial charge < -0.3 is 9.63 Å². The van der Waals surface area contributed by atoms with E-state index in [0.29, 0.717) is 6.61 Å². The Morgan fingerprint density at radius 1 is 1.00 bits per heavy atom. The summed E-state index contributed by atoms with van der Waals surface area (Å²) in [5.74, 6) is 0.954. The fourth-order valence-electron chi connectivity index (χ4n) is 5.52. The molecule has 1 saturated heterocycles. The van der Waals surface area contributed by atoms with Gasteiger partial charge in [-0.2, -0.15) is 0 Å². The van der Waals surface area contributed by atoms with Crippen molar-refractivity contribution in [3.8, 4) is 0 Å². The number of rotatable bonds is 10. The topological polar surface area (TPSA) is 41.9 Å². The Bertz CT molecular complexity index is 1000. The zero-order valence-corrected chi connectivity index (χ0v) is 21.2. The third-order valence-electron chi connectivity index (χ3n) is 7.64. The van der Waals surface area contributed by atoms with Crippen LogP contribution in [0, 0.1) is 5.92 Å². The van der Waals surface area contributed by atoms with Gasteiger partial charge in [0, 0.05) is 25.6 Å². The standard InChI is InChI=1S/C30H40N2O2/c1-4-25-16-28(12-13-29(25)19-32-17-24(18-32)20-33)22(3)31-34-21-23-11-14-30(26(5-2)15-23)27-9-7-6-8-10-27/h11-16,20,24,27H,4-10,17-19,21H2,1-3H3/b31-22+. The van der Waals surface area contributed by atoms with Crippen LogP contribution >= 0.6 is 0 Å². The molecule has 0 spiro atoms. The van der Waals surface area contributed by atoms with Gasteiger partial charge in [0.15, 0.2) is 0 Å². The van der Waals surface area contributed by atoms with Gasteiger partial charge >= 0.3 is 0 Å². The summed E-state index contributed by atoms with van der Waals surface area (Å²) in [5.41, 5.74) is 8.91. The van der Waals surface area contributed by atoms with Gasteiger partial charge in [0.25, 0.3) is 0 Å². The van der Waals surface area contributed by atoms with Crippen molar-refractivity contribution in [2.24, 2.45) is 11.1 Å². The normalized spacial score (nSPS) is 18.0. The fourth-order valence-corrected chi connectivity index (χ4v) is 5.52. The monoisotopic (exact) mass is 460 g/mol. The molecule has 2 aromatic carbocycles. The third kappa shape index (κ3) is 5.96. The molecule has 1 aliphatic heterocycles. The largest absolute Gasteiger partial charge is 0.391 e. The zero-order chi connectivity index (χ0) is 23.9. The number of likely N-dealkylation sites (tertiary alicyclic amines) is 1. The molecule has 0 aromatic heterocycles. The summed E-state index contributed by atoms with van der Waals surface area (Å²) in [6.45, 7) is 9.64. The maximum Gasteiger partial charge on any atom is 0.142 e. The number of carbonyl (C=O) groups excluding carboxylic acids is 1. The number of aryl methyl sites for hydroxylation is 2. The number of oxime groups is 1. The molecule has 1 aliphatic carbocycles. The minimum absolute atomic E-state index is 0.216. The van der Waals surface area contributed by atoms with Crippen LogP contribution in [0.15, 0.2) is 41.6 Å². The van der Waals surface area contributed by atoms with Crippen LogP contribution in [0.5, 0.6) is 0 Å². The van der Waals surface area contributed by atoms with Crippen LogP contribution in [0.3, 0.4) is 0 Å². The average Bonchev–Trinajstić information content (AvgIpc) is 2.86. The predicted octanol–water partition coefficient (Wildman–Crippen LogP) is 6.43. The molecule has 4 rings (SSSR count). The Morgan fingerprint density at radius 3 is 2.47 bits per heavy atom. The van der Waals surface area contributed by atoms with E-state index in [1.807, 2.05) is 6.92 Å². The number of benzene rings is 2. The van der Waals surface area contributed by atoms with Crippen LogP contribution in [0.4, 0.5) is 0 Å². The molecule has 182 valence electrons. The highest BCUT2D eigenvalue weighted by atomic mass is 16.6. The molecule has 0 atom stereocenters. The van der Waals surface area contributed by atoms with E-state index in [-0.39, 0.29) is 5.92 Å². The number of aldehydes is 1. The summed E-state index contributed by atoms with van der Waals surface area (Å²) in [4.78, 5) is 19.0. The lowest BCUT2D eigenvalue weighted by Gasteiger charge is -2.36. The summed E-state index contributed by atoms with van der Waals surface area (Å²) in [7, 11) is 0. The van der Waals surface area contributed by atoms with E-state index in [0.717, 1.165) is 56.0 Å². The molecule has 4 nitrogen and oxygen atoms in total. The molecule has 0 N–H and O–H groups in total. The minimum Gasteiger partial charge on any atom is -0.391 e. The van der Waals surface area contributed by atoms with Gasteiger partial charge in [-0.1, -0.05) is 68.6 Å². The molecule has 0 amide bonds. The first kappa shape index (κ1) is 24.7. The van der Waals surface area contributed by atoms with Crippen LogP contribution in [-0.2, 0) is 35.6 Å². The average molecular weight is 461 g/mol. The SMILES string of the molecule is CCc1cc(/C(C)=N/OCc2ccc(C3CCCCC3)c(CC)c2)ccc1CN1CC(C=O)C1. The highest BCUT2D eigenvalue weighted by Crippen LogP contribution is 2.35. The first-order chi connectivity index (χ1) is 16.6. The van der Waals surface area contributed by atoms with Crippen molar-refractivity contribution in [2.75, 3.05) is 13.1 Å². The zero-order valence-electron chi connectivity index (χ0n) is 21.2. The molecular formula is C30H40N2O2. The molecule has 0 bridgehead atoms. The molecule has 34 heavy (non-hydrogen) atoms. The molecule has 0 radical (unpaired) electrons. The molecule has 2 fully saturated rings. The maximum absolute atomic E-state index is 10.9. The lowest BCUT2D eigenvalue weighted by Crippen LogP contribution is -2.46. The second-order valence-electron chi connectivity index (χ2n) is 10.1. The Labute approximate surface area is 205 Å². The quantitative estimate of drug-likeness (QED) is 0.233. The highest BCUT2D eigenvalue weighted by Gasteiger charge is 2.26. The first-order valence-corrected chi connectivity index (χ1v) is 13.2. The Morgan fingerprint density at radius 2 is 1.76 bits per heavy atom. The van der Waals surface area contributed by atoms with Crippen molar-refractivity contribution in [1.29, 1.82) is 0 Å². The van der Waals surface area contributed by atoms with Gasteiger partial charge in [-0.25, -0.2) is 0 Å². The van der Waals surface area contributed by atoms with Crippen LogP contribution in [0.2, 0.25) is 0 Å². The van der Waals surface area contributed by atoms with Crippen molar-refractivity contribution in [3.05, 3.63) is 69.8 Å². The summed E-state index contributed by atoms with van der Waals surface area (Å²) < 4.78 is 0. The van der Waals surface area contributed by atoms with Crippen LogP contribution in [0.1, 0.15) is 92.2 Å². The summed E-state index contributed by atoms with van der Waals surface area (Å²) >= 11 is 0. The van der Waals surface area contributed by atoms with Crippen molar-refractivity contribution < 1.29 is 9.63 Å². The van der Waals surface area contributed by atoms with Crippen LogP contribution < -0.4 is 0 Å². The Balaban J connectivity index is 1.36. The maximum atomic E-state index is 10.9. The van der Waals surface area contributed by atoms with Gasteiger partial charge in [0.1, 0.15) is 12.9 Å². The molecule has 4 heteroatoms. The third-order valence-corrected chi connectivity index (χ3v) is 7.64. The predicted molar refractivity (Wildman–Crippen MR) is 139 cm³/mol. The van der Waals surface area contributed by atoms with E-state index < -0.39 is 0 Å². The van der Waals surface area contributed by atoms with Gasteiger partial charge in [-0.3, -0.25) is 4.90 Å². The molecular weight excluding hydrogens is 420 g/mol. The van der Waals surface area contributed by atoms with Gasteiger partial charge in [-0.15, -0.1) is 0 Å². The van der Waals surface area contributed by atoms with E-state index in [4.69, 9.17) is 4.84 Å². The van der Waals surface area contributed by atoms with Crippen LogP contribution in [0.25, 0.3) is 0 Å². The number of hydrogen-bond donors (Lipinski definition) is 0. The van der Waals surface area contributed by atoms with E-state index in [1.54, 1.807) is 5.56 Å². The van der Waals surface area contributed by atoms with E-state index in [9.17, 15) is 4.79 Å². The molecule has 1 heterocycles. The fraction of sp³-hybridized carbons (Fsp3) is 0.533. The van der Waals surface area contributed by atoms with Gasteiger partial charge in [-0.05, 0) is 78.0 Å². The lowest BCUT2D eigenvalue weighted by atomic mass is 9.81. The second kappa shape index (κ2) is 11.8. The second-order valence-corrected chi connectivity index (χ2v) is 10.1. The lowest BCUT2D eigenvalue weighted by molar-refractivity contribution is -0.115. The van der Waals surface area contributed by atoms with Gasteiger partial charge in [0.2, 0.25) is 0 Å². The summed E-state index contributed by atoms with van der Waals surface area (Å²) in [5, 5.41) is 4.44. The summed E-state index contributed by atoms with van der Waals surface area (Å²) in [6.07, 6.45) is 9.93. The number of nitrogens with zero attached hydrogens (tertiary/aromatic N) is 2. The van der Waals surface area contributed by atoms with Crippen LogP contribution in [-0.4, -0.2) is 30.0 Å². The molecule has 0 unspecified atom stereocenters. The van der Waals surface area contributed by atoms with Crippen molar-refractivity contribution >= 4 is 12.0 Å². The molecule has 2 aliphatic rings.